The number of likely N-dealkylation sites (tertiary alicyclic amines) is 2. The molecule has 166 valence electrons. The van der Waals surface area contributed by atoms with E-state index in [9.17, 15) is 9.59 Å². The van der Waals surface area contributed by atoms with Crippen molar-refractivity contribution in [3.63, 3.8) is 0 Å². The molecular weight excluding hydrogens is 382 g/mol. The van der Waals surface area contributed by atoms with Gasteiger partial charge in [-0.1, -0.05) is 6.92 Å². The normalized spacial score (nSPS) is 18.9. The van der Waals surface area contributed by atoms with E-state index in [1.165, 1.54) is 13.5 Å². The number of carbonyl (C=O) groups excluding carboxylic acids is 2. The molecule has 7 heteroatoms. The Morgan fingerprint density at radius 1 is 1.03 bits per heavy atom. The van der Waals surface area contributed by atoms with Gasteiger partial charge < -0.3 is 24.6 Å². The third kappa shape index (κ3) is 6.44. The van der Waals surface area contributed by atoms with Gasteiger partial charge in [0.05, 0.1) is 0 Å². The first kappa shape index (κ1) is 22.6. The lowest BCUT2D eigenvalue weighted by atomic mass is 10.0. The molecule has 0 unspecified atom stereocenters. The number of rotatable bonds is 8. The minimum absolute atomic E-state index is 0.0135. The quantitative estimate of drug-likeness (QED) is 0.703. The summed E-state index contributed by atoms with van der Waals surface area (Å²) in [7, 11) is 1.54. The van der Waals surface area contributed by atoms with Crippen LogP contribution in [-0.4, -0.2) is 80.2 Å². The minimum atomic E-state index is -0.0135. The smallest absolute Gasteiger partial charge is 0.251 e. The molecule has 1 N–H and O–H groups in total. The van der Waals surface area contributed by atoms with Crippen molar-refractivity contribution in [3.05, 3.63) is 29.8 Å². The molecule has 2 amide bonds. The fourth-order valence-electron chi connectivity index (χ4n) is 4.20. The van der Waals surface area contributed by atoms with Crippen molar-refractivity contribution in [2.24, 2.45) is 0 Å². The Balaban J connectivity index is 1.42. The molecule has 0 aliphatic carbocycles. The van der Waals surface area contributed by atoms with Crippen molar-refractivity contribution < 1.29 is 19.1 Å². The van der Waals surface area contributed by atoms with Gasteiger partial charge in [-0.2, -0.15) is 0 Å². The van der Waals surface area contributed by atoms with E-state index in [2.05, 4.69) is 17.1 Å². The molecule has 0 bridgehead atoms. The van der Waals surface area contributed by atoms with E-state index in [1.807, 2.05) is 29.2 Å². The zero-order valence-electron chi connectivity index (χ0n) is 18.3. The molecule has 0 saturated carbocycles. The van der Waals surface area contributed by atoms with Gasteiger partial charge in [-0.25, -0.2) is 0 Å². The van der Waals surface area contributed by atoms with Crippen molar-refractivity contribution >= 4 is 11.8 Å². The van der Waals surface area contributed by atoms with E-state index in [4.69, 9.17) is 9.47 Å². The number of benzene rings is 1. The molecule has 0 radical (unpaired) electrons. The number of carbonyl (C=O) groups is 2. The van der Waals surface area contributed by atoms with E-state index in [0.717, 1.165) is 51.1 Å². The van der Waals surface area contributed by atoms with Gasteiger partial charge in [0.2, 0.25) is 5.91 Å². The first-order valence-corrected chi connectivity index (χ1v) is 11.2. The molecule has 1 aromatic rings. The topological polar surface area (TPSA) is 71.1 Å². The molecule has 2 aliphatic heterocycles. The summed E-state index contributed by atoms with van der Waals surface area (Å²) in [6.45, 7) is 6.96. The van der Waals surface area contributed by atoms with Gasteiger partial charge in [0, 0.05) is 57.7 Å². The van der Waals surface area contributed by atoms with Crippen LogP contribution < -0.4 is 10.1 Å². The van der Waals surface area contributed by atoms with Crippen LogP contribution in [0.15, 0.2) is 24.3 Å². The molecule has 2 aliphatic rings. The van der Waals surface area contributed by atoms with Crippen molar-refractivity contribution in [3.8, 4) is 5.75 Å². The number of methoxy groups -OCH3 is 1. The second-order valence-electron chi connectivity index (χ2n) is 8.24. The summed E-state index contributed by atoms with van der Waals surface area (Å²) in [5, 5.41) is 3.17. The Labute approximate surface area is 179 Å². The van der Waals surface area contributed by atoms with Gasteiger partial charge in [-0.05, 0) is 50.1 Å². The van der Waals surface area contributed by atoms with Crippen molar-refractivity contribution in [1.82, 2.24) is 15.1 Å². The maximum absolute atomic E-state index is 12.6. The number of amides is 2. The zero-order chi connectivity index (χ0) is 21.3. The molecule has 30 heavy (non-hydrogen) atoms. The highest BCUT2D eigenvalue weighted by atomic mass is 16.5. The van der Waals surface area contributed by atoms with Crippen LogP contribution in [0.3, 0.4) is 0 Å². The standard InChI is InChI=1S/C23H35N3O4/c1-3-12-25-13-8-19(9-14-25)24-23(28)18-4-6-20(7-5-18)30-21-10-15-26(16-11-21)22(27)17-29-2/h4-7,19,21H,3,8-17H2,1-2H3,(H,24,28). The fraction of sp³-hybridized carbons (Fsp3) is 0.652. The number of piperidine rings is 2. The highest BCUT2D eigenvalue weighted by molar-refractivity contribution is 5.94. The van der Waals surface area contributed by atoms with E-state index >= 15 is 0 Å². The Morgan fingerprint density at radius 2 is 1.70 bits per heavy atom. The second kappa shape index (κ2) is 11.3. The summed E-state index contributed by atoms with van der Waals surface area (Å²) < 4.78 is 11.0. The predicted octanol–water partition coefficient (Wildman–Crippen LogP) is 2.31. The minimum Gasteiger partial charge on any atom is -0.490 e. The highest BCUT2D eigenvalue weighted by Crippen LogP contribution is 2.20. The lowest BCUT2D eigenvalue weighted by molar-refractivity contribution is -0.136. The van der Waals surface area contributed by atoms with Crippen molar-refractivity contribution in [2.75, 3.05) is 46.4 Å². The van der Waals surface area contributed by atoms with Gasteiger partial charge >= 0.3 is 0 Å². The highest BCUT2D eigenvalue weighted by Gasteiger charge is 2.24. The molecular formula is C23H35N3O4. The number of nitrogens with zero attached hydrogens (tertiary/aromatic N) is 2. The van der Waals surface area contributed by atoms with Gasteiger partial charge in [0.25, 0.3) is 5.91 Å². The maximum atomic E-state index is 12.6. The van der Waals surface area contributed by atoms with Crippen LogP contribution in [0.1, 0.15) is 49.4 Å². The largest absolute Gasteiger partial charge is 0.490 e. The van der Waals surface area contributed by atoms with Gasteiger partial charge in [0.1, 0.15) is 18.5 Å². The molecule has 2 fully saturated rings. The van der Waals surface area contributed by atoms with Crippen LogP contribution in [0.5, 0.6) is 5.75 Å². The van der Waals surface area contributed by atoms with Crippen LogP contribution in [0.2, 0.25) is 0 Å². The van der Waals surface area contributed by atoms with Gasteiger partial charge in [-0.15, -0.1) is 0 Å². The van der Waals surface area contributed by atoms with Crippen LogP contribution in [0, 0.1) is 0 Å². The molecule has 1 aromatic carbocycles. The Hall–Kier alpha value is -2.12. The van der Waals surface area contributed by atoms with Crippen LogP contribution in [-0.2, 0) is 9.53 Å². The number of ether oxygens (including phenoxy) is 2. The molecule has 3 rings (SSSR count). The molecule has 0 aromatic heterocycles. The van der Waals surface area contributed by atoms with Crippen molar-refractivity contribution in [2.45, 2.75) is 51.2 Å². The van der Waals surface area contributed by atoms with Crippen LogP contribution in [0.25, 0.3) is 0 Å². The summed E-state index contributed by atoms with van der Waals surface area (Å²) in [5.74, 6) is 0.781. The van der Waals surface area contributed by atoms with E-state index < -0.39 is 0 Å². The first-order chi connectivity index (χ1) is 14.6. The van der Waals surface area contributed by atoms with E-state index in [-0.39, 0.29) is 30.6 Å². The number of hydrogen-bond donors (Lipinski definition) is 1. The fourth-order valence-corrected chi connectivity index (χ4v) is 4.20. The maximum Gasteiger partial charge on any atom is 0.251 e. The molecule has 2 heterocycles. The van der Waals surface area contributed by atoms with E-state index in [0.29, 0.717) is 18.7 Å². The molecule has 0 atom stereocenters. The van der Waals surface area contributed by atoms with Crippen LogP contribution in [0.4, 0.5) is 0 Å². The Bertz CT molecular complexity index is 678. The van der Waals surface area contributed by atoms with Crippen molar-refractivity contribution in [1.29, 1.82) is 0 Å². The summed E-state index contributed by atoms with van der Waals surface area (Å²) in [6, 6.07) is 7.64. The Kier molecular flexibility index (Phi) is 8.51. The zero-order valence-corrected chi connectivity index (χ0v) is 18.3. The third-order valence-electron chi connectivity index (χ3n) is 5.94. The number of nitrogens with one attached hydrogen (secondary N) is 1. The summed E-state index contributed by atoms with van der Waals surface area (Å²) >= 11 is 0. The predicted molar refractivity (Wildman–Crippen MR) is 116 cm³/mol. The molecule has 2 saturated heterocycles. The molecule has 7 nitrogen and oxygen atoms in total. The van der Waals surface area contributed by atoms with Gasteiger partial charge in [-0.3, -0.25) is 9.59 Å². The lowest BCUT2D eigenvalue weighted by Gasteiger charge is -2.32. The summed E-state index contributed by atoms with van der Waals surface area (Å²) in [4.78, 5) is 28.7. The average Bonchev–Trinajstić information content (AvgIpc) is 2.76. The summed E-state index contributed by atoms with van der Waals surface area (Å²) in [5.41, 5.74) is 0.665. The number of hydrogen-bond acceptors (Lipinski definition) is 5. The molecule has 0 spiro atoms. The SMILES string of the molecule is CCCN1CCC(NC(=O)c2ccc(OC3CCN(C(=O)COC)CC3)cc2)CC1. The average molecular weight is 418 g/mol. The third-order valence-corrected chi connectivity index (χ3v) is 5.94. The van der Waals surface area contributed by atoms with Gasteiger partial charge in [0.15, 0.2) is 0 Å². The summed E-state index contributed by atoms with van der Waals surface area (Å²) in [6.07, 6.45) is 4.89. The van der Waals surface area contributed by atoms with E-state index in [1.54, 1.807) is 0 Å². The van der Waals surface area contributed by atoms with Crippen LogP contribution >= 0.6 is 0 Å². The Morgan fingerprint density at radius 3 is 2.30 bits per heavy atom. The first-order valence-electron chi connectivity index (χ1n) is 11.2. The second-order valence-corrected chi connectivity index (χ2v) is 8.24. The monoisotopic (exact) mass is 417 g/mol. The lowest BCUT2D eigenvalue weighted by Crippen LogP contribution is -2.44.